The van der Waals surface area contributed by atoms with Crippen LogP contribution in [0.15, 0.2) is 38.9 Å². The maximum Gasteiger partial charge on any atom is 0.336 e. The van der Waals surface area contributed by atoms with Gasteiger partial charge in [-0.2, -0.15) is 0 Å². The molecule has 124 valence electrons. The Morgan fingerprint density at radius 3 is 2.83 bits per heavy atom. The van der Waals surface area contributed by atoms with E-state index in [0.717, 1.165) is 0 Å². The number of halogens is 2. The highest BCUT2D eigenvalue weighted by Gasteiger charge is 2.45. The minimum absolute atomic E-state index is 0.0137. The van der Waals surface area contributed by atoms with Crippen LogP contribution < -0.4 is 0 Å². The lowest BCUT2D eigenvalue weighted by atomic mass is 9.72. The Balaban J connectivity index is 1.91. The minimum Gasteiger partial charge on any atom is -0.462 e. The number of aliphatic imine (C=N–C) groups is 1. The Labute approximate surface area is 145 Å². The molecule has 0 spiro atoms. The van der Waals surface area contributed by atoms with E-state index >= 15 is 0 Å². The minimum atomic E-state index is -0.569. The molecule has 2 unspecified atom stereocenters. The topological polar surface area (TPSA) is 65.0 Å². The number of carbonyl (C=O) groups excluding carboxylic acids is 2. The number of carbonyl (C=O) groups is 2. The van der Waals surface area contributed by atoms with Crippen LogP contribution in [0.3, 0.4) is 0 Å². The molecule has 3 heterocycles. The summed E-state index contributed by atoms with van der Waals surface area (Å²) in [6, 6.07) is 4.53. The molecule has 0 saturated carbocycles. The number of hydrogen-bond donors (Lipinski definition) is 0. The quantitative estimate of drug-likeness (QED) is 0.687. The highest BCUT2D eigenvalue weighted by atomic mass is 79.9. The molecule has 1 aromatic rings. The molecule has 3 aliphatic heterocycles. The molecule has 7 heteroatoms. The summed E-state index contributed by atoms with van der Waals surface area (Å²) in [7, 11) is 0. The molecule has 0 radical (unpaired) electrons. The molecule has 1 saturated heterocycles. The predicted octanol–water partition coefficient (Wildman–Crippen LogP) is 2.54. The van der Waals surface area contributed by atoms with Crippen LogP contribution in [0.2, 0.25) is 0 Å². The van der Waals surface area contributed by atoms with Gasteiger partial charge in [-0.3, -0.25) is 9.79 Å². The first-order valence-electron chi connectivity index (χ1n) is 7.59. The van der Waals surface area contributed by atoms with Gasteiger partial charge in [0.25, 0.3) is 0 Å². The highest BCUT2D eigenvalue weighted by Crippen LogP contribution is 2.43. The lowest BCUT2D eigenvalue weighted by molar-refractivity contribution is -0.140. The van der Waals surface area contributed by atoms with Gasteiger partial charge >= 0.3 is 5.97 Å². The van der Waals surface area contributed by atoms with Gasteiger partial charge in [0.2, 0.25) is 0 Å². The summed E-state index contributed by atoms with van der Waals surface area (Å²) in [5.41, 5.74) is 2.36. The van der Waals surface area contributed by atoms with Gasteiger partial charge in [0.05, 0.1) is 40.6 Å². The highest BCUT2D eigenvalue weighted by molar-refractivity contribution is 9.10. The van der Waals surface area contributed by atoms with E-state index in [4.69, 9.17) is 9.47 Å². The number of hydrogen-bond acceptors (Lipinski definition) is 5. The molecule has 0 aliphatic carbocycles. The number of rotatable bonds is 1. The predicted molar refractivity (Wildman–Crippen MR) is 86.2 cm³/mol. The first-order valence-corrected chi connectivity index (χ1v) is 8.38. The van der Waals surface area contributed by atoms with Crippen molar-refractivity contribution in [3.8, 4) is 0 Å². The maximum atomic E-state index is 13.6. The zero-order chi connectivity index (χ0) is 16.8. The van der Waals surface area contributed by atoms with Crippen molar-refractivity contribution in [1.29, 1.82) is 0 Å². The maximum absolute atomic E-state index is 13.6. The lowest BCUT2D eigenvalue weighted by Gasteiger charge is -2.37. The molecular formula is C17H13BrFNO4. The van der Waals surface area contributed by atoms with Crippen molar-refractivity contribution in [3.63, 3.8) is 0 Å². The van der Waals surface area contributed by atoms with Crippen molar-refractivity contribution in [1.82, 2.24) is 0 Å². The van der Waals surface area contributed by atoms with E-state index in [-0.39, 0.29) is 30.1 Å². The number of cyclic esters (lactones) is 1. The molecule has 1 aromatic carbocycles. The summed E-state index contributed by atoms with van der Waals surface area (Å²) in [4.78, 5) is 29.4. The van der Waals surface area contributed by atoms with Crippen LogP contribution in [-0.4, -0.2) is 37.3 Å². The number of nitrogens with zero attached hydrogens (tertiary/aromatic N) is 1. The number of esters is 1. The first-order chi connectivity index (χ1) is 11.6. The van der Waals surface area contributed by atoms with E-state index in [1.54, 1.807) is 12.1 Å². The fourth-order valence-electron chi connectivity index (χ4n) is 3.50. The van der Waals surface area contributed by atoms with Crippen molar-refractivity contribution in [2.24, 2.45) is 10.9 Å². The Morgan fingerprint density at radius 1 is 1.21 bits per heavy atom. The van der Waals surface area contributed by atoms with Crippen molar-refractivity contribution < 1.29 is 23.5 Å². The summed E-state index contributed by atoms with van der Waals surface area (Å²) < 4.78 is 24.4. The first kappa shape index (κ1) is 15.7. The normalized spacial score (nSPS) is 26.5. The molecule has 5 nitrogen and oxygen atoms in total. The number of fused-ring (bicyclic) bond motifs is 1. The molecule has 3 aliphatic rings. The molecule has 0 bridgehead atoms. The zero-order valence-corrected chi connectivity index (χ0v) is 14.1. The number of benzene rings is 1. The standard InChI is InChI=1S/C17H13BrFNO4/c18-9-5-8(1-2-10(9)19)14-15-12(6-23-7-13(15)21)20-11-3-4-24-17(22)16(11)14/h1-2,5,14-15H,3-4,6-7H2. The van der Waals surface area contributed by atoms with Gasteiger partial charge in [0, 0.05) is 12.3 Å². The summed E-state index contributed by atoms with van der Waals surface area (Å²) >= 11 is 3.17. The van der Waals surface area contributed by atoms with E-state index in [1.807, 2.05) is 0 Å². The zero-order valence-electron chi connectivity index (χ0n) is 12.6. The van der Waals surface area contributed by atoms with E-state index in [9.17, 15) is 14.0 Å². The van der Waals surface area contributed by atoms with E-state index in [2.05, 4.69) is 20.9 Å². The summed E-state index contributed by atoms with van der Waals surface area (Å²) in [5, 5.41) is 0. The third kappa shape index (κ3) is 2.43. The average Bonchev–Trinajstić information content (AvgIpc) is 2.56. The molecule has 1 fully saturated rings. The fourth-order valence-corrected chi connectivity index (χ4v) is 3.90. The Bertz CT molecular complexity index is 817. The van der Waals surface area contributed by atoms with E-state index in [1.165, 1.54) is 6.07 Å². The van der Waals surface area contributed by atoms with Gasteiger partial charge in [0.15, 0.2) is 5.78 Å². The monoisotopic (exact) mass is 393 g/mol. The summed E-state index contributed by atoms with van der Waals surface area (Å²) in [5.74, 6) is -2.07. The average molecular weight is 394 g/mol. The second kappa shape index (κ2) is 5.89. The number of Topliss-reactive ketones (excluding diaryl/α,β-unsaturated/α-hetero) is 1. The Kier molecular flexibility index (Phi) is 3.85. The van der Waals surface area contributed by atoms with Crippen LogP contribution in [-0.2, 0) is 19.1 Å². The van der Waals surface area contributed by atoms with Gasteiger partial charge in [-0.15, -0.1) is 0 Å². The van der Waals surface area contributed by atoms with Crippen LogP contribution in [0.4, 0.5) is 4.39 Å². The summed E-state index contributed by atoms with van der Waals surface area (Å²) in [6.07, 6.45) is 0.504. The second-order valence-corrected chi connectivity index (χ2v) is 6.79. The van der Waals surface area contributed by atoms with Crippen LogP contribution >= 0.6 is 15.9 Å². The van der Waals surface area contributed by atoms with Crippen LogP contribution in [0.1, 0.15) is 17.9 Å². The van der Waals surface area contributed by atoms with Crippen LogP contribution in [0.25, 0.3) is 0 Å². The number of ketones is 1. The van der Waals surface area contributed by atoms with E-state index in [0.29, 0.717) is 29.0 Å². The molecule has 0 N–H and O–H groups in total. The van der Waals surface area contributed by atoms with Crippen molar-refractivity contribution in [2.45, 2.75) is 12.3 Å². The molecule has 2 atom stereocenters. The van der Waals surface area contributed by atoms with Gasteiger partial charge in [0.1, 0.15) is 12.4 Å². The fraction of sp³-hybridized carbons (Fsp3) is 0.353. The molecule has 0 aromatic heterocycles. The second-order valence-electron chi connectivity index (χ2n) is 5.94. The third-order valence-electron chi connectivity index (χ3n) is 4.53. The Morgan fingerprint density at radius 2 is 2.04 bits per heavy atom. The Hall–Kier alpha value is -1.86. The summed E-state index contributed by atoms with van der Waals surface area (Å²) in [6.45, 7) is 0.523. The number of ether oxygens (including phenoxy) is 2. The van der Waals surface area contributed by atoms with Gasteiger partial charge in [-0.1, -0.05) is 6.07 Å². The van der Waals surface area contributed by atoms with Crippen LogP contribution in [0, 0.1) is 11.7 Å². The molecule has 24 heavy (non-hydrogen) atoms. The van der Waals surface area contributed by atoms with Crippen LogP contribution in [0.5, 0.6) is 0 Å². The van der Waals surface area contributed by atoms with Crippen molar-refractivity contribution >= 4 is 33.4 Å². The molecule has 4 rings (SSSR count). The molecule has 0 amide bonds. The van der Waals surface area contributed by atoms with Gasteiger partial charge in [-0.25, -0.2) is 9.18 Å². The van der Waals surface area contributed by atoms with Crippen molar-refractivity contribution in [2.75, 3.05) is 19.8 Å². The largest absolute Gasteiger partial charge is 0.462 e. The van der Waals surface area contributed by atoms with E-state index < -0.39 is 23.6 Å². The molecular weight excluding hydrogens is 381 g/mol. The van der Waals surface area contributed by atoms with Gasteiger partial charge in [-0.05, 0) is 33.6 Å². The van der Waals surface area contributed by atoms with Gasteiger partial charge < -0.3 is 9.47 Å². The lowest BCUT2D eigenvalue weighted by Crippen LogP contribution is -2.44. The third-order valence-corrected chi connectivity index (χ3v) is 5.14. The SMILES string of the molecule is O=C1OCCC2=C1C(c1ccc(F)c(Br)c1)C1C(=O)COCC1=N2. The van der Waals surface area contributed by atoms with Crippen molar-refractivity contribution in [3.05, 3.63) is 45.3 Å². The smallest absolute Gasteiger partial charge is 0.336 e.